The third kappa shape index (κ3) is 4.64. The molecule has 1 amide bonds. The Labute approximate surface area is 162 Å². The summed E-state index contributed by atoms with van der Waals surface area (Å²) in [6.45, 7) is 0. The van der Waals surface area contributed by atoms with Crippen molar-refractivity contribution in [3.05, 3.63) is 78.0 Å². The van der Waals surface area contributed by atoms with Crippen LogP contribution < -0.4 is 15.4 Å². The van der Waals surface area contributed by atoms with Crippen LogP contribution in [0.2, 0.25) is 0 Å². The molecule has 0 bridgehead atoms. The van der Waals surface area contributed by atoms with Gasteiger partial charge in [-0.3, -0.25) is 4.79 Å². The number of rotatable bonds is 6. The lowest BCUT2D eigenvalue weighted by atomic mass is 10.2. The van der Waals surface area contributed by atoms with Gasteiger partial charge in [-0.15, -0.1) is 0 Å². The summed E-state index contributed by atoms with van der Waals surface area (Å²) in [7, 11) is 2.91. The number of amides is 1. The van der Waals surface area contributed by atoms with Crippen LogP contribution in [0, 0.1) is 0 Å². The van der Waals surface area contributed by atoms with Crippen LogP contribution in [0.1, 0.15) is 20.7 Å². The van der Waals surface area contributed by atoms with E-state index in [0.29, 0.717) is 28.4 Å². The molecule has 0 saturated carbocycles. The maximum Gasteiger partial charge on any atom is 0.337 e. The number of aromatic nitrogens is 1. The third-order valence-corrected chi connectivity index (χ3v) is 3.93. The summed E-state index contributed by atoms with van der Waals surface area (Å²) in [6.07, 6.45) is 1.59. The van der Waals surface area contributed by atoms with E-state index in [1.165, 1.54) is 7.11 Å². The second kappa shape index (κ2) is 8.68. The summed E-state index contributed by atoms with van der Waals surface area (Å²) in [5.41, 5.74) is 2.39. The van der Waals surface area contributed by atoms with Crippen molar-refractivity contribution in [3.8, 4) is 5.75 Å². The number of carbonyl (C=O) groups excluding carboxylic acids is 2. The van der Waals surface area contributed by atoms with Gasteiger partial charge in [-0.2, -0.15) is 0 Å². The minimum absolute atomic E-state index is 0.262. The molecule has 2 N–H and O–H groups in total. The van der Waals surface area contributed by atoms with Gasteiger partial charge in [0.1, 0.15) is 11.6 Å². The van der Waals surface area contributed by atoms with Gasteiger partial charge in [0, 0.05) is 11.3 Å². The molecule has 3 aromatic rings. The molecule has 0 aliphatic rings. The van der Waals surface area contributed by atoms with Crippen LogP contribution in [0.3, 0.4) is 0 Å². The van der Waals surface area contributed by atoms with Gasteiger partial charge in [0.2, 0.25) is 0 Å². The lowest BCUT2D eigenvalue weighted by Crippen LogP contribution is -2.12. The molecule has 3 rings (SSSR count). The smallest absolute Gasteiger partial charge is 0.337 e. The number of esters is 1. The zero-order valence-corrected chi connectivity index (χ0v) is 15.4. The van der Waals surface area contributed by atoms with E-state index >= 15 is 0 Å². The third-order valence-electron chi connectivity index (χ3n) is 3.93. The molecule has 28 heavy (non-hydrogen) atoms. The Bertz CT molecular complexity index is 970. The molecule has 7 nitrogen and oxygen atoms in total. The Hall–Kier alpha value is -3.87. The van der Waals surface area contributed by atoms with Crippen molar-refractivity contribution in [2.45, 2.75) is 0 Å². The zero-order chi connectivity index (χ0) is 19.9. The van der Waals surface area contributed by atoms with Crippen molar-refractivity contribution < 1.29 is 19.1 Å². The normalized spacial score (nSPS) is 10.1. The van der Waals surface area contributed by atoms with E-state index in [0.717, 1.165) is 5.69 Å². The minimum Gasteiger partial charge on any atom is -0.497 e. The van der Waals surface area contributed by atoms with Gasteiger partial charge in [0.05, 0.1) is 31.7 Å². The van der Waals surface area contributed by atoms with Crippen molar-refractivity contribution in [1.82, 2.24) is 4.98 Å². The van der Waals surface area contributed by atoms with Crippen LogP contribution in [0.5, 0.6) is 5.75 Å². The Morgan fingerprint density at radius 2 is 1.68 bits per heavy atom. The van der Waals surface area contributed by atoms with E-state index in [9.17, 15) is 9.59 Å². The van der Waals surface area contributed by atoms with Crippen molar-refractivity contribution in [2.24, 2.45) is 0 Å². The second-order valence-corrected chi connectivity index (χ2v) is 5.81. The van der Waals surface area contributed by atoms with Crippen LogP contribution >= 0.6 is 0 Å². The van der Waals surface area contributed by atoms with Crippen LogP contribution in [-0.4, -0.2) is 31.1 Å². The summed E-state index contributed by atoms with van der Waals surface area (Å²) in [5, 5.41) is 5.89. The van der Waals surface area contributed by atoms with Crippen LogP contribution in [0.4, 0.5) is 17.2 Å². The van der Waals surface area contributed by atoms with Gasteiger partial charge in [-0.1, -0.05) is 6.07 Å². The molecule has 0 saturated heterocycles. The van der Waals surface area contributed by atoms with Crippen LogP contribution in [-0.2, 0) is 4.74 Å². The number of ether oxygens (including phenoxy) is 2. The first-order valence-corrected chi connectivity index (χ1v) is 8.46. The number of anilines is 3. The molecule has 0 aliphatic heterocycles. The Morgan fingerprint density at radius 3 is 2.32 bits per heavy atom. The van der Waals surface area contributed by atoms with Crippen molar-refractivity contribution >= 4 is 29.1 Å². The summed E-state index contributed by atoms with van der Waals surface area (Å²) in [5.74, 6) is 0.441. The molecular formula is C21H19N3O4. The largest absolute Gasteiger partial charge is 0.497 e. The number of benzene rings is 2. The standard InChI is InChI=1S/C21H19N3O4/c1-27-18-9-6-14(7-10-18)20(25)24-19-11-8-17(13-22-19)23-16-5-3-4-15(12-16)21(26)28-2/h3-13,23H,1-2H3,(H,22,24,25). The molecule has 1 heterocycles. The topological polar surface area (TPSA) is 89.6 Å². The van der Waals surface area contributed by atoms with Gasteiger partial charge < -0.3 is 20.1 Å². The molecule has 142 valence electrons. The van der Waals surface area contributed by atoms with E-state index in [-0.39, 0.29) is 5.91 Å². The number of carbonyl (C=O) groups is 2. The number of methoxy groups -OCH3 is 2. The molecule has 0 unspecified atom stereocenters. The fourth-order valence-corrected chi connectivity index (χ4v) is 2.48. The van der Waals surface area contributed by atoms with Gasteiger partial charge in [0.25, 0.3) is 5.91 Å². The summed E-state index contributed by atoms with van der Waals surface area (Å²) < 4.78 is 9.80. The molecular weight excluding hydrogens is 358 g/mol. The van der Waals surface area contributed by atoms with E-state index in [1.54, 1.807) is 67.9 Å². The molecule has 7 heteroatoms. The molecule has 0 aliphatic carbocycles. The first-order valence-electron chi connectivity index (χ1n) is 8.46. The fraction of sp³-hybridized carbons (Fsp3) is 0.0952. The Balaban J connectivity index is 1.64. The van der Waals surface area contributed by atoms with E-state index in [2.05, 4.69) is 15.6 Å². The van der Waals surface area contributed by atoms with Crippen molar-refractivity contribution in [1.29, 1.82) is 0 Å². The first kappa shape index (κ1) is 18.9. The van der Waals surface area contributed by atoms with Gasteiger partial charge in [-0.25, -0.2) is 9.78 Å². The quantitative estimate of drug-likeness (QED) is 0.634. The summed E-state index contributed by atoms with van der Waals surface area (Å²) in [6, 6.07) is 17.2. The maximum atomic E-state index is 12.3. The van der Waals surface area contributed by atoms with E-state index in [1.807, 2.05) is 6.07 Å². The van der Waals surface area contributed by atoms with Gasteiger partial charge in [-0.05, 0) is 54.6 Å². The summed E-state index contributed by atoms with van der Waals surface area (Å²) >= 11 is 0. The van der Waals surface area contributed by atoms with Gasteiger partial charge in [0.15, 0.2) is 0 Å². The lowest BCUT2D eigenvalue weighted by molar-refractivity contribution is 0.0600. The maximum absolute atomic E-state index is 12.3. The van der Waals surface area contributed by atoms with Gasteiger partial charge >= 0.3 is 5.97 Å². The Kier molecular flexibility index (Phi) is 5.86. The summed E-state index contributed by atoms with van der Waals surface area (Å²) in [4.78, 5) is 28.1. The zero-order valence-electron chi connectivity index (χ0n) is 15.4. The molecule has 0 spiro atoms. The number of hydrogen-bond donors (Lipinski definition) is 2. The average molecular weight is 377 g/mol. The lowest BCUT2D eigenvalue weighted by Gasteiger charge is -2.09. The average Bonchev–Trinajstić information content (AvgIpc) is 2.74. The monoisotopic (exact) mass is 377 g/mol. The predicted molar refractivity (Wildman–Crippen MR) is 106 cm³/mol. The van der Waals surface area contributed by atoms with E-state index in [4.69, 9.17) is 9.47 Å². The van der Waals surface area contributed by atoms with Crippen molar-refractivity contribution in [3.63, 3.8) is 0 Å². The molecule has 0 atom stereocenters. The van der Waals surface area contributed by atoms with Crippen LogP contribution in [0.15, 0.2) is 66.9 Å². The minimum atomic E-state index is -0.404. The van der Waals surface area contributed by atoms with E-state index < -0.39 is 5.97 Å². The van der Waals surface area contributed by atoms with Crippen molar-refractivity contribution in [2.75, 3.05) is 24.9 Å². The molecule has 0 radical (unpaired) electrons. The predicted octanol–water partition coefficient (Wildman–Crippen LogP) is 3.87. The number of pyridine rings is 1. The first-order chi connectivity index (χ1) is 13.6. The Morgan fingerprint density at radius 1 is 0.893 bits per heavy atom. The highest BCUT2D eigenvalue weighted by molar-refractivity contribution is 6.03. The number of nitrogens with one attached hydrogen (secondary N) is 2. The number of hydrogen-bond acceptors (Lipinski definition) is 6. The number of nitrogens with zero attached hydrogens (tertiary/aromatic N) is 1. The highest BCUT2D eigenvalue weighted by atomic mass is 16.5. The van der Waals surface area contributed by atoms with Crippen LogP contribution in [0.25, 0.3) is 0 Å². The highest BCUT2D eigenvalue weighted by Crippen LogP contribution is 2.19. The highest BCUT2D eigenvalue weighted by Gasteiger charge is 2.08. The second-order valence-electron chi connectivity index (χ2n) is 5.81. The molecule has 2 aromatic carbocycles. The molecule has 0 fully saturated rings. The molecule has 1 aromatic heterocycles. The SMILES string of the molecule is COC(=O)c1cccc(Nc2ccc(NC(=O)c3ccc(OC)cc3)nc2)c1. The fourth-order valence-electron chi connectivity index (χ4n) is 2.48.